The van der Waals surface area contributed by atoms with E-state index in [1.54, 1.807) is 0 Å². The molecule has 0 radical (unpaired) electrons. The quantitative estimate of drug-likeness (QED) is 0.540. The predicted octanol–water partition coefficient (Wildman–Crippen LogP) is 3.49. The molecule has 1 aliphatic carbocycles. The number of ether oxygens (including phenoxy) is 4. The number of epoxide rings is 2. The largest absolute Gasteiger partial charge is 0.466 e. The van der Waals surface area contributed by atoms with E-state index in [2.05, 4.69) is 20.8 Å². The fraction of sp³-hybridized carbons (Fsp3) is 0.727. The topological polar surface area (TPSA) is 77.7 Å². The Hall–Kier alpha value is -1.66. The average molecular weight is 392 g/mol. The molecule has 3 rings (SSSR count). The molecule has 28 heavy (non-hydrogen) atoms. The zero-order chi connectivity index (χ0) is 20.5. The number of fused-ring (bicyclic) bond motifs is 2. The molecule has 0 amide bonds. The molecule has 156 valence electrons. The number of hydrogen-bond donors (Lipinski definition) is 0. The van der Waals surface area contributed by atoms with E-state index in [1.807, 2.05) is 12.2 Å². The third-order valence-corrected chi connectivity index (χ3v) is 6.52. The first-order chi connectivity index (χ1) is 13.3. The molecule has 2 aliphatic heterocycles. The van der Waals surface area contributed by atoms with Gasteiger partial charge < -0.3 is 18.9 Å². The summed E-state index contributed by atoms with van der Waals surface area (Å²) in [6.45, 7) is 6.31. The molecule has 6 heteroatoms. The van der Waals surface area contributed by atoms with Crippen LogP contribution in [0, 0.1) is 5.92 Å². The van der Waals surface area contributed by atoms with Gasteiger partial charge in [0.1, 0.15) is 11.7 Å². The summed E-state index contributed by atoms with van der Waals surface area (Å²) in [5.41, 5.74) is 0.780. The predicted molar refractivity (Wildman–Crippen MR) is 104 cm³/mol. The second-order valence-electron chi connectivity index (χ2n) is 8.55. The summed E-state index contributed by atoms with van der Waals surface area (Å²) in [6, 6.07) is 0. The maximum absolute atomic E-state index is 12.3. The maximum atomic E-state index is 12.3. The minimum atomic E-state index is -0.360. The minimum Gasteiger partial charge on any atom is -0.466 e. The highest BCUT2D eigenvalue weighted by molar-refractivity contribution is 5.89. The molecule has 0 aromatic heterocycles. The summed E-state index contributed by atoms with van der Waals surface area (Å²) < 4.78 is 22.0. The van der Waals surface area contributed by atoms with Gasteiger partial charge in [0.05, 0.1) is 25.9 Å². The smallest absolute Gasteiger partial charge is 0.333 e. The van der Waals surface area contributed by atoms with Crippen molar-refractivity contribution in [2.75, 3.05) is 14.2 Å². The van der Waals surface area contributed by atoms with Crippen molar-refractivity contribution in [3.8, 4) is 0 Å². The van der Waals surface area contributed by atoms with Crippen LogP contribution in [0.15, 0.2) is 23.3 Å². The van der Waals surface area contributed by atoms with E-state index in [0.717, 1.165) is 19.3 Å². The Balaban J connectivity index is 1.86. The van der Waals surface area contributed by atoms with Crippen molar-refractivity contribution in [3.05, 3.63) is 23.3 Å². The monoisotopic (exact) mass is 392 g/mol. The van der Waals surface area contributed by atoms with Crippen molar-refractivity contribution in [1.82, 2.24) is 0 Å². The van der Waals surface area contributed by atoms with E-state index in [-0.39, 0.29) is 41.3 Å². The molecule has 2 saturated heterocycles. The van der Waals surface area contributed by atoms with Gasteiger partial charge in [-0.25, -0.2) is 9.59 Å². The van der Waals surface area contributed by atoms with Crippen LogP contribution in [-0.2, 0) is 28.5 Å². The van der Waals surface area contributed by atoms with Gasteiger partial charge in [0, 0.05) is 11.1 Å². The van der Waals surface area contributed by atoms with E-state index in [0.29, 0.717) is 30.4 Å². The van der Waals surface area contributed by atoms with Crippen LogP contribution in [0.3, 0.4) is 0 Å². The first kappa shape index (κ1) is 21.1. The van der Waals surface area contributed by atoms with Gasteiger partial charge >= 0.3 is 11.9 Å². The average Bonchev–Trinajstić information content (AvgIpc) is 3.55. The Labute approximate surface area is 167 Å². The third-order valence-electron chi connectivity index (χ3n) is 6.52. The number of carbonyl (C=O) groups excluding carboxylic acids is 2. The Morgan fingerprint density at radius 2 is 1.75 bits per heavy atom. The van der Waals surface area contributed by atoms with Crippen LogP contribution in [0.1, 0.15) is 59.3 Å². The molecule has 0 bridgehead atoms. The SMILES string of the molecule is COC(=O)C1=CC2OC2(C(C)C)CCC(C(=O)OC)=CCCC2(C)OC2CC1. The molecular weight excluding hydrogens is 360 g/mol. The standard InChI is InChI=1S/C22H32O6/c1-14(2)22-12-10-15(19(23)25-4)7-6-11-21(3)17(27-21)9-8-16(20(24)26-5)13-18(22)28-22/h7,13-14,17-18H,6,8-12H2,1-5H3. The van der Waals surface area contributed by atoms with E-state index in [9.17, 15) is 9.59 Å². The van der Waals surface area contributed by atoms with Gasteiger partial charge in [0.2, 0.25) is 0 Å². The lowest BCUT2D eigenvalue weighted by atomic mass is 9.84. The van der Waals surface area contributed by atoms with Gasteiger partial charge in [-0.1, -0.05) is 19.9 Å². The van der Waals surface area contributed by atoms with Crippen LogP contribution < -0.4 is 0 Å². The Kier molecular flexibility index (Phi) is 6.01. The molecule has 2 heterocycles. The fourth-order valence-electron chi connectivity index (χ4n) is 4.34. The molecular formula is C22H32O6. The molecule has 0 saturated carbocycles. The third kappa shape index (κ3) is 4.18. The van der Waals surface area contributed by atoms with Gasteiger partial charge in [0.25, 0.3) is 0 Å². The Morgan fingerprint density at radius 3 is 2.39 bits per heavy atom. The highest BCUT2D eigenvalue weighted by Gasteiger charge is 2.57. The van der Waals surface area contributed by atoms with Crippen LogP contribution in [0.2, 0.25) is 0 Å². The zero-order valence-electron chi connectivity index (χ0n) is 17.6. The van der Waals surface area contributed by atoms with Gasteiger partial charge in [-0.15, -0.1) is 0 Å². The number of carbonyl (C=O) groups is 2. The van der Waals surface area contributed by atoms with Crippen LogP contribution in [-0.4, -0.2) is 49.6 Å². The number of rotatable bonds is 3. The summed E-state index contributed by atoms with van der Waals surface area (Å²) in [6.07, 6.45) is 8.16. The first-order valence-electron chi connectivity index (χ1n) is 10.2. The van der Waals surface area contributed by atoms with Gasteiger partial charge in [-0.3, -0.25) is 0 Å². The van der Waals surface area contributed by atoms with Crippen molar-refractivity contribution in [2.24, 2.45) is 5.92 Å². The van der Waals surface area contributed by atoms with Crippen LogP contribution in [0.4, 0.5) is 0 Å². The normalized spacial score (nSPS) is 35.5. The molecule has 4 atom stereocenters. The minimum absolute atomic E-state index is 0.119. The number of esters is 2. The van der Waals surface area contributed by atoms with E-state index in [4.69, 9.17) is 18.9 Å². The summed E-state index contributed by atoms with van der Waals surface area (Å²) in [7, 11) is 2.82. The second kappa shape index (κ2) is 7.99. The zero-order valence-corrected chi connectivity index (χ0v) is 17.6. The van der Waals surface area contributed by atoms with Crippen LogP contribution >= 0.6 is 0 Å². The van der Waals surface area contributed by atoms with Crippen molar-refractivity contribution >= 4 is 11.9 Å². The summed E-state index contributed by atoms with van der Waals surface area (Å²) >= 11 is 0. The molecule has 0 aromatic carbocycles. The van der Waals surface area contributed by atoms with E-state index < -0.39 is 0 Å². The highest BCUT2D eigenvalue weighted by Crippen LogP contribution is 2.49. The van der Waals surface area contributed by atoms with Gasteiger partial charge in [0.15, 0.2) is 0 Å². The molecule has 6 nitrogen and oxygen atoms in total. The summed E-state index contributed by atoms with van der Waals surface area (Å²) in [5.74, 6) is -0.334. The van der Waals surface area contributed by atoms with Crippen LogP contribution in [0.25, 0.3) is 0 Å². The number of hydrogen-bond acceptors (Lipinski definition) is 6. The van der Waals surface area contributed by atoms with Crippen molar-refractivity contribution in [2.45, 2.75) is 82.7 Å². The molecule has 0 N–H and O–H groups in total. The summed E-state index contributed by atoms with van der Waals surface area (Å²) in [5, 5.41) is 0. The Bertz CT molecular complexity index is 693. The van der Waals surface area contributed by atoms with E-state index in [1.165, 1.54) is 14.2 Å². The lowest BCUT2D eigenvalue weighted by molar-refractivity contribution is -0.137. The molecule has 0 spiro atoms. The first-order valence-corrected chi connectivity index (χ1v) is 10.2. The van der Waals surface area contributed by atoms with Gasteiger partial charge in [-0.2, -0.15) is 0 Å². The van der Waals surface area contributed by atoms with Crippen molar-refractivity contribution < 1.29 is 28.5 Å². The number of allylic oxidation sites excluding steroid dienone is 1. The highest BCUT2D eigenvalue weighted by atomic mass is 16.6. The molecule has 0 aromatic rings. The van der Waals surface area contributed by atoms with Gasteiger partial charge in [-0.05, 0) is 57.4 Å². The fourth-order valence-corrected chi connectivity index (χ4v) is 4.34. The lowest BCUT2D eigenvalue weighted by Gasteiger charge is -2.18. The van der Waals surface area contributed by atoms with Crippen molar-refractivity contribution in [1.29, 1.82) is 0 Å². The summed E-state index contributed by atoms with van der Waals surface area (Å²) in [4.78, 5) is 24.5. The van der Waals surface area contributed by atoms with Crippen molar-refractivity contribution in [3.63, 3.8) is 0 Å². The molecule has 4 unspecified atom stereocenters. The molecule has 3 aliphatic rings. The van der Waals surface area contributed by atoms with E-state index >= 15 is 0 Å². The second-order valence-corrected chi connectivity index (χ2v) is 8.55. The van der Waals surface area contributed by atoms with Crippen LogP contribution in [0.5, 0.6) is 0 Å². The Morgan fingerprint density at radius 1 is 1.07 bits per heavy atom. The number of methoxy groups -OCH3 is 2. The molecule has 2 fully saturated rings. The lowest BCUT2D eigenvalue weighted by Crippen LogP contribution is -2.24. The maximum Gasteiger partial charge on any atom is 0.333 e.